The van der Waals surface area contributed by atoms with Crippen molar-refractivity contribution in [3.63, 3.8) is 0 Å². The zero-order valence-electron chi connectivity index (χ0n) is 16.6. The average molecular weight is 382 g/mol. The molecule has 4 N–H and O–H groups in total. The van der Waals surface area contributed by atoms with Crippen LogP contribution in [0.5, 0.6) is 0 Å². The highest BCUT2D eigenvalue weighted by Crippen LogP contribution is 2.72. The Labute approximate surface area is 160 Å². The molecule has 4 saturated carbocycles. The SMILES string of the molecule is COC(=O)[C@]1(C)CCC[C@@]2(C)[C@H]3CC[C@@H]4C[C@]3(C[C@@]4(O)CO)[C@@H](O)[C@@H](O)[C@@H]21. The Kier molecular flexibility index (Phi) is 4.29. The van der Waals surface area contributed by atoms with Crippen molar-refractivity contribution in [3.8, 4) is 0 Å². The number of hydrogen-bond acceptors (Lipinski definition) is 6. The molecule has 0 aromatic heterocycles. The Balaban J connectivity index is 1.82. The second-order valence-electron chi connectivity index (χ2n) is 10.4. The Morgan fingerprint density at radius 3 is 2.52 bits per heavy atom. The van der Waals surface area contributed by atoms with Gasteiger partial charge in [-0.2, -0.15) is 0 Å². The lowest BCUT2D eigenvalue weighted by molar-refractivity contribution is -0.256. The van der Waals surface area contributed by atoms with Crippen LogP contribution < -0.4 is 0 Å². The number of carbonyl (C=O) groups excluding carboxylic acids is 1. The largest absolute Gasteiger partial charge is 0.469 e. The molecule has 4 aliphatic carbocycles. The lowest BCUT2D eigenvalue weighted by Crippen LogP contribution is -2.69. The molecule has 0 aromatic carbocycles. The first kappa shape index (κ1) is 19.6. The van der Waals surface area contributed by atoms with Crippen LogP contribution in [-0.4, -0.2) is 57.9 Å². The second-order valence-corrected chi connectivity index (χ2v) is 10.4. The van der Waals surface area contributed by atoms with Gasteiger partial charge in [0.1, 0.15) is 0 Å². The van der Waals surface area contributed by atoms with Gasteiger partial charge in [0.2, 0.25) is 0 Å². The topological polar surface area (TPSA) is 107 Å². The van der Waals surface area contributed by atoms with Crippen LogP contribution in [-0.2, 0) is 9.53 Å². The van der Waals surface area contributed by atoms with E-state index in [1.54, 1.807) is 0 Å². The van der Waals surface area contributed by atoms with Crippen molar-refractivity contribution in [2.45, 2.75) is 76.6 Å². The van der Waals surface area contributed by atoms with Crippen LogP contribution in [0.1, 0.15) is 58.8 Å². The van der Waals surface area contributed by atoms with Gasteiger partial charge in [-0.25, -0.2) is 0 Å². The van der Waals surface area contributed by atoms with E-state index < -0.39 is 28.6 Å². The molecular formula is C21H34O6. The number of methoxy groups -OCH3 is 1. The van der Waals surface area contributed by atoms with Crippen molar-refractivity contribution in [2.24, 2.45) is 34.0 Å². The molecule has 0 saturated heterocycles. The summed E-state index contributed by atoms with van der Waals surface area (Å²) in [6.07, 6.45) is 2.97. The molecule has 0 amide bonds. The van der Waals surface area contributed by atoms with Gasteiger partial charge in [0.05, 0.1) is 36.9 Å². The Bertz CT molecular complexity index is 638. The number of carbonyl (C=O) groups is 1. The predicted molar refractivity (Wildman–Crippen MR) is 97.5 cm³/mol. The van der Waals surface area contributed by atoms with Crippen LogP contribution in [0.4, 0.5) is 0 Å². The first-order chi connectivity index (χ1) is 12.6. The lowest BCUT2D eigenvalue weighted by Gasteiger charge is -2.66. The van der Waals surface area contributed by atoms with E-state index in [1.165, 1.54) is 7.11 Å². The van der Waals surface area contributed by atoms with Crippen molar-refractivity contribution in [3.05, 3.63) is 0 Å². The van der Waals surface area contributed by atoms with Gasteiger partial charge in [-0.15, -0.1) is 0 Å². The van der Waals surface area contributed by atoms with E-state index in [0.717, 1.165) is 25.7 Å². The van der Waals surface area contributed by atoms with Gasteiger partial charge in [-0.05, 0) is 62.7 Å². The Morgan fingerprint density at radius 2 is 1.89 bits per heavy atom. The third-order valence-corrected chi connectivity index (χ3v) is 9.30. The summed E-state index contributed by atoms with van der Waals surface area (Å²) in [6, 6.07) is 0. The van der Waals surface area contributed by atoms with E-state index >= 15 is 0 Å². The fraction of sp³-hybridized carbons (Fsp3) is 0.952. The monoisotopic (exact) mass is 382 g/mol. The molecule has 0 radical (unpaired) electrons. The van der Waals surface area contributed by atoms with E-state index in [0.29, 0.717) is 19.3 Å². The molecule has 0 unspecified atom stereocenters. The first-order valence-electron chi connectivity index (χ1n) is 10.4. The maximum Gasteiger partial charge on any atom is 0.311 e. The molecule has 4 aliphatic rings. The summed E-state index contributed by atoms with van der Waals surface area (Å²) in [4.78, 5) is 12.7. The number of rotatable bonds is 2. The van der Waals surface area contributed by atoms with E-state index in [2.05, 4.69) is 6.92 Å². The highest BCUT2D eigenvalue weighted by atomic mass is 16.5. The van der Waals surface area contributed by atoms with Gasteiger partial charge >= 0.3 is 5.97 Å². The van der Waals surface area contributed by atoms with Crippen molar-refractivity contribution in [1.29, 1.82) is 0 Å². The van der Waals surface area contributed by atoms with Crippen molar-refractivity contribution >= 4 is 5.97 Å². The zero-order valence-corrected chi connectivity index (χ0v) is 16.6. The molecule has 0 heterocycles. The molecule has 154 valence electrons. The van der Waals surface area contributed by atoms with Gasteiger partial charge in [0.15, 0.2) is 0 Å². The predicted octanol–water partition coefficient (Wildman–Crippen LogP) is 1.24. The second kappa shape index (κ2) is 5.91. The van der Waals surface area contributed by atoms with Crippen LogP contribution >= 0.6 is 0 Å². The molecule has 0 aromatic rings. The summed E-state index contributed by atoms with van der Waals surface area (Å²) in [5, 5.41) is 43.5. The summed E-state index contributed by atoms with van der Waals surface area (Å²) in [7, 11) is 1.39. The summed E-state index contributed by atoms with van der Waals surface area (Å²) in [6.45, 7) is 3.73. The summed E-state index contributed by atoms with van der Waals surface area (Å²) < 4.78 is 5.11. The standard InChI is InChI=1S/C21H34O6/c1-18-7-4-8-19(2,17(25)27-3)15(18)14(23)16(24)20-9-12(5-6-13(18)20)21(26,10-20)11-22/h12-16,22-24,26H,4-11H2,1-3H3/t12-,13-,14+,15+,16+,18+,19-,20-,21-/m1/s1. The third-order valence-electron chi connectivity index (χ3n) is 9.30. The van der Waals surface area contributed by atoms with Crippen molar-refractivity contribution < 1.29 is 30.0 Å². The van der Waals surface area contributed by atoms with Crippen LogP contribution in [0.3, 0.4) is 0 Å². The van der Waals surface area contributed by atoms with E-state index in [1.807, 2.05) is 6.92 Å². The van der Waals surface area contributed by atoms with E-state index in [9.17, 15) is 25.2 Å². The molecule has 6 heteroatoms. The fourth-order valence-electron chi connectivity index (χ4n) is 8.35. The molecule has 0 aliphatic heterocycles. The number of fused-ring (bicyclic) bond motifs is 3. The van der Waals surface area contributed by atoms with Crippen LogP contribution in [0, 0.1) is 34.0 Å². The van der Waals surface area contributed by atoms with Crippen LogP contribution in [0.2, 0.25) is 0 Å². The summed E-state index contributed by atoms with van der Waals surface area (Å²) >= 11 is 0. The van der Waals surface area contributed by atoms with Gasteiger partial charge < -0.3 is 25.2 Å². The number of hydrogen-bond donors (Lipinski definition) is 4. The van der Waals surface area contributed by atoms with Gasteiger partial charge in [0.25, 0.3) is 0 Å². The Morgan fingerprint density at radius 1 is 1.19 bits per heavy atom. The number of ether oxygens (including phenoxy) is 1. The molecular weight excluding hydrogens is 348 g/mol. The highest BCUT2D eigenvalue weighted by molar-refractivity contribution is 5.77. The lowest BCUT2D eigenvalue weighted by atomic mass is 9.39. The number of esters is 1. The molecule has 27 heavy (non-hydrogen) atoms. The minimum atomic E-state index is -1.18. The quantitative estimate of drug-likeness (QED) is 0.535. The maximum absolute atomic E-state index is 12.7. The fourth-order valence-corrected chi connectivity index (χ4v) is 8.35. The smallest absolute Gasteiger partial charge is 0.311 e. The maximum atomic E-state index is 12.7. The van der Waals surface area contributed by atoms with Gasteiger partial charge in [-0.1, -0.05) is 13.3 Å². The zero-order chi connectivity index (χ0) is 19.8. The van der Waals surface area contributed by atoms with Crippen molar-refractivity contribution in [1.82, 2.24) is 0 Å². The molecule has 2 bridgehead atoms. The molecule has 9 atom stereocenters. The minimum absolute atomic E-state index is 0.0451. The highest BCUT2D eigenvalue weighted by Gasteiger charge is 2.73. The van der Waals surface area contributed by atoms with Crippen LogP contribution in [0.15, 0.2) is 0 Å². The number of aliphatic hydroxyl groups is 4. The minimum Gasteiger partial charge on any atom is -0.469 e. The molecule has 6 nitrogen and oxygen atoms in total. The normalized spacial score (nSPS) is 56.9. The third kappa shape index (κ3) is 2.24. The Hall–Kier alpha value is -0.690. The molecule has 4 fully saturated rings. The molecule has 4 rings (SSSR count). The van der Waals surface area contributed by atoms with E-state index in [4.69, 9.17) is 4.74 Å². The van der Waals surface area contributed by atoms with Crippen LogP contribution in [0.25, 0.3) is 0 Å². The van der Waals surface area contributed by atoms with Gasteiger partial charge in [-0.3, -0.25) is 4.79 Å². The average Bonchev–Trinajstić information content (AvgIpc) is 2.86. The summed E-state index contributed by atoms with van der Waals surface area (Å²) in [5.74, 6) is -0.630. The molecule has 1 spiro atoms. The first-order valence-corrected chi connectivity index (χ1v) is 10.4. The van der Waals surface area contributed by atoms with Gasteiger partial charge in [0, 0.05) is 11.3 Å². The summed E-state index contributed by atoms with van der Waals surface area (Å²) in [5.41, 5.74) is -2.92. The van der Waals surface area contributed by atoms with E-state index in [-0.39, 0.29) is 35.7 Å². The number of aliphatic hydroxyl groups excluding tert-OH is 3. The van der Waals surface area contributed by atoms with Crippen molar-refractivity contribution in [2.75, 3.05) is 13.7 Å².